The summed E-state index contributed by atoms with van der Waals surface area (Å²) in [6.45, 7) is 53.1. The number of aromatic nitrogens is 12. The highest BCUT2D eigenvalue weighted by molar-refractivity contribution is 5.52. The number of imidazole rings is 6. The first-order chi connectivity index (χ1) is 43.5. The molecule has 12 heterocycles. The summed E-state index contributed by atoms with van der Waals surface area (Å²) in [6.07, 6.45) is 10.3. The Morgan fingerprint density at radius 3 is 1.30 bits per heavy atom. The lowest BCUT2D eigenvalue weighted by Gasteiger charge is -2.20. The van der Waals surface area contributed by atoms with Crippen molar-refractivity contribution < 1.29 is 17.9 Å². The highest BCUT2D eigenvalue weighted by Crippen LogP contribution is 2.41. The summed E-state index contributed by atoms with van der Waals surface area (Å²) < 4.78 is 57.3. The van der Waals surface area contributed by atoms with Gasteiger partial charge in [0.1, 0.15) is 39.7 Å². The number of methoxy groups -OCH3 is 1. The van der Waals surface area contributed by atoms with Crippen molar-refractivity contribution in [3.63, 3.8) is 0 Å². The lowest BCUT2D eigenvalue weighted by Crippen LogP contribution is -2.16. The zero-order chi connectivity index (χ0) is 69.7. The van der Waals surface area contributed by atoms with E-state index >= 15 is 0 Å². The van der Waals surface area contributed by atoms with E-state index in [1.165, 1.54) is 52.9 Å². The molecule has 0 amide bonds. The zero-order valence-electron chi connectivity index (χ0n) is 60.9. The van der Waals surface area contributed by atoms with E-state index in [0.29, 0.717) is 17.0 Å². The van der Waals surface area contributed by atoms with E-state index in [1.54, 1.807) is 29.8 Å². The van der Waals surface area contributed by atoms with Crippen LogP contribution < -0.4 is 4.74 Å². The molecule has 12 aromatic rings. The van der Waals surface area contributed by atoms with Crippen molar-refractivity contribution in [3.05, 3.63) is 207 Å². The molecule has 13 nitrogen and oxygen atoms in total. The van der Waals surface area contributed by atoms with E-state index in [2.05, 4.69) is 229 Å². The van der Waals surface area contributed by atoms with Crippen molar-refractivity contribution in [2.75, 3.05) is 7.11 Å². The first-order valence-corrected chi connectivity index (χ1v) is 32.8. The van der Waals surface area contributed by atoms with E-state index in [9.17, 15) is 13.2 Å². The third-order valence-electron chi connectivity index (χ3n) is 16.6. The molecule has 0 atom stereocenters. The molecule has 0 unspecified atom stereocenters. The number of aryl methyl sites for hydroxylation is 7. The Morgan fingerprint density at radius 2 is 0.819 bits per heavy atom. The minimum Gasteiger partial charge on any atom is -0.495 e. The predicted molar refractivity (Wildman–Crippen MR) is 380 cm³/mol. The number of rotatable bonds is 3. The van der Waals surface area contributed by atoms with Crippen molar-refractivity contribution in [1.82, 2.24) is 56.3 Å². The molecule has 0 saturated heterocycles. The molecule has 1 fully saturated rings. The van der Waals surface area contributed by atoms with Gasteiger partial charge >= 0.3 is 0 Å². The number of alkyl halides is 2. The van der Waals surface area contributed by atoms with Gasteiger partial charge in [0.15, 0.2) is 11.5 Å². The van der Waals surface area contributed by atoms with E-state index < -0.39 is 6.43 Å². The molecule has 1 aliphatic rings. The van der Waals surface area contributed by atoms with Gasteiger partial charge < -0.3 is 26.7 Å². The van der Waals surface area contributed by atoms with Crippen LogP contribution in [0.2, 0.25) is 0 Å². The van der Waals surface area contributed by atoms with E-state index in [4.69, 9.17) is 4.74 Å². The number of ether oxygens (including phenoxy) is 1. The Morgan fingerprint density at radius 1 is 0.415 bits per heavy atom. The SMILES string of the molecule is CC(C)(C)c1c(C(F)F)nc2ccccn12.COc1ccc2nc(C)c(C(C)(C)C)n2c1.Cc1cc(F)c2nc(C)c(C(C)(C)C)n2c1.Cc1nc2ccc(C3CC3)cn2c1C(C)(C)C.Cc1nc2cccc(C)n2c1C(C)(C)C.Cc1nc2ccccn2c1C(C)(C)C. The minimum atomic E-state index is -2.53. The number of nitrogens with zero attached hydrogens (tertiary/aromatic N) is 12. The molecule has 16 heteroatoms. The first-order valence-electron chi connectivity index (χ1n) is 32.8. The number of hydrogen-bond acceptors (Lipinski definition) is 7. The number of fused-ring (bicyclic) bond motifs is 6. The normalized spacial score (nSPS) is 13.1. The average Bonchev–Trinajstić information content (AvgIpc) is 1.66. The van der Waals surface area contributed by atoms with Gasteiger partial charge in [-0.05, 0) is 139 Å². The van der Waals surface area contributed by atoms with Crippen LogP contribution in [0.5, 0.6) is 5.75 Å². The largest absolute Gasteiger partial charge is 0.495 e. The summed E-state index contributed by atoms with van der Waals surface area (Å²) >= 11 is 0. The quantitative estimate of drug-likeness (QED) is 0.173. The summed E-state index contributed by atoms with van der Waals surface area (Å²) in [5, 5.41) is 0. The third kappa shape index (κ3) is 15.8. The van der Waals surface area contributed by atoms with Gasteiger partial charge in [0.2, 0.25) is 0 Å². The monoisotopic (exact) mass is 1280 g/mol. The molecule has 94 heavy (non-hydrogen) atoms. The Hall–Kier alpha value is -8.27. The van der Waals surface area contributed by atoms with Gasteiger partial charge in [-0.3, -0.25) is 4.40 Å². The Kier molecular flexibility index (Phi) is 20.4. The summed E-state index contributed by atoms with van der Waals surface area (Å²) in [5.41, 5.74) is 21.0. The summed E-state index contributed by atoms with van der Waals surface area (Å²) in [5.74, 6) is 1.41. The third-order valence-corrected chi connectivity index (χ3v) is 16.6. The van der Waals surface area contributed by atoms with Gasteiger partial charge in [-0.2, -0.15) is 0 Å². The molecule has 0 bridgehead atoms. The van der Waals surface area contributed by atoms with Gasteiger partial charge in [-0.25, -0.2) is 43.1 Å². The molecule has 0 radical (unpaired) electrons. The van der Waals surface area contributed by atoms with Crippen LogP contribution in [-0.4, -0.2) is 63.4 Å². The molecule has 0 aliphatic heterocycles. The number of halogens is 3. The van der Waals surface area contributed by atoms with Gasteiger partial charge in [0, 0.05) is 63.0 Å². The van der Waals surface area contributed by atoms with Crippen LogP contribution >= 0.6 is 0 Å². The van der Waals surface area contributed by atoms with Crippen LogP contribution in [0.4, 0.5) is 13.2 Å². The Labute approximate surface area is 556 Å². The van der Waals surface area contributed by atoms with Crippen LogP contribution in [0.15, 0.2) is 116 Å². The molecule has 1 aliphatic carbocycles. The van der Waals surface area contributed by atoms with Crippen LogP contribution in [0.3, 0.4) is 0 Å². The van der Waals surface area contributed by atoms with Crippen LogP contribution in [0.25, 0.3) is 33.9 Å². The van der Waals surface area contributed by atoms with E-state index in [1.807, 2.05) is 87.8 Å². The second kappa shape index (κ2) is 26.9. The van der Waals surface area contributed by atoms with Gasteiger partial charge in [-0.15, -0.1) is 0 Å². The van der Waals surface area contributed by atoms with Crippen LogP contribution in [0.1, 0.15) is 235 Å². The van der Waals surface area contributed by atoms with Crippen molar-refractivity contribution >= 4 is 33.9 Å². The van der Waals surface area contributed by atoms with Crippen molar-refractivity contribution in [3.8, 4) is 5.75 Å². The maximum Gasteiger partial charge on any atom is 0.282 e. The zero-order valence-corrected chi connectivity index (χ0v) is 60.9. The van der Waals surface area contributed by atoms with Gasteiger partial charge in [0.05, 0.1) is 75.9 Å². The minimum absolute atomic E-state index is 0.0380. The fraction of sp³-hybridized carbons (Fsp3) is 0.462. The number of pyridine rings is 6. The Bertz CT molecular complexity index is 4630. The first kappa shape index (κ1) is 71.6. The summed E-state index contributed by atoms with van der Waals surface area (Å²) in [7, 11) is 1.68. The second-order valence-electron chi connectivity index (χ2n) is 31.4. The van der Waals surface area contributed by atoms with Crippen LogP contribution in [-0.2, 0) is 32.5 Å². The molecule has 0 aromatic carbocycles. The molecule has 1 saturated carbocycles. The standard InChI is InChI=1S/C15H20N2.C13H17FN2.C13H18N2O.C13H18N2.C12H14F2N2.C12H16N2/c1-10-14(15(2,3)4)17-9-12(11-5-6-11)7-8-13(17)16-10;1-8-6-10(14)12-15-9(2)11(13(3,4)5)16(12)7-8;1-9-12(13(2,3)4)15-8-10(16-5)6-7-11(15)14-9;1-9-7-6-8-11-14-10(2)12(15(9)11)13(3,4)5;1-12(2,3)10-9(11(13)14)15-8-6-4-5-7-16(8)10;1-9-11(12(2,3)4)14-8-6-5-7-10(14)13-9/h7-9,11H,5-6H2,1-4H3;6-7H,1-5H3;6-8H,1-5H3;6-8H,1-5H3;4-7,11H,1-3H3;5-8H,1-4H3. The van der Waals surface area contributed by atoms with Crippen molar-refractivity contribution in [2.45, 2.75) is 231 Å². The molecule has 0 N–H and O–H groups in total. The smallest absolute Gasteiger partial charge is 0.282 e. The molecule has 502 valence electrons. The maximum atomic E-state index is 13.7. The van der Waals surface area contributed by atoms with E-state index in [0.717, 1.165) is 74.0 Å². The summed E-state index contributed by atoms with van der Waals surface area (Å²) in [6, 6.07) is 27.6. The number of hydrogen-bond donors (Lipinski definition) is 0. The van der Waals surface area contributed by atoms with Gasteiger partial charge in [0.25, 0.3) is 6.43 Å². The van der Waals surface area contributed by atoms with Crippen molar-refractivity contribution in [2.24, 2.45) is 0 Å². The topological polar surface area (TPSA) is 113 Å². The lowest BCUT2D eigenvalue weighted by molar-refractivity contribution is 0.144. The average molecular weight is 1280 g/mol. The van der Waals surface area contributed by atoms with Gasteiger partial charge in [-0.1, -0.05) is 149 Å². The summed E-state index contributed by atoms with van der Waals surface area (Å²) in [4.78, 5) is 26.7. The lowest BCUT2D eigenvalue weighted by atomic mass is 9.90. The fourth-order valence-electron chi connectivity index (χ4n) is 13.3. The maximum absolute atomic E-state index is 13.7. The second-order valence-corrected chi connectivity index (χ2v) is 31.4. The molecule has 0 spiro atoms. The fourth-order valence-corrected chi connectivity index (χ4v) is 13.3. The molecule has 12 aromatic heterocycles. The Balaban J connectivity index is 0.000000145. The molecular formula is C78H103F3N12O. The molecule has 13 rings (SSSR count). The molecular weight excluding hydrogens is 1180 g/mol. The van der Waals surface area contributed by atoms with E-state index in [-0.39, 0.29) is 44.0 Å². The van der Waals surface area contributed by atoms with Crippen LogP contribution in [0, 0.1) is 54.3 Å². The van der Waals surface area contributed by atoms with Crippen molar-refractivity contribution in [1.29, 1.82) is 0 Å². The highest BCUT2D eigenvalue weighted by Gasteiger charge is 2.31. The highest BCUT2D eigenvalue weighted by atomic mass is 19.3. The predicted octanol–water partition coefficient (Wildman–Crippen LogP) is 19.9.